The number of nitriles is 1. The van der Waals surface area contributed by atoms with E-state index in [1.54, 1.807) is 48.4 Å². The lowest BCUT2D eigenvalue weighted by Crippen LogP contribution is -2.26. The van der Waals surface area contributed by atoms with Crippen molar-refractivity contribution in [1.82, 2.24) is 15.1 Å². The molecule has 22 heavy (non-hydrogen) atoms. The van der Waals surface area contributed by atoms with Crippen molar-refractivity contribution in [1.29, 1.82) is 5.26 Å². The molecule has 0 radical (unpaired) electrons. The summed E-state index contributed by atoms with van der Waals surface area (Å²) in [5.74, 6) is -0.411. The van der Waals surface area contributed by atoms with Crippen LogP contribution in [-0.4, -0.2) is 15.7 Å². The Labute approximate surface area is 137 Å². The standard InChI is InChI=1S/C15H12Cl2N4O/c1-21-9-10(8-19-21)5-6-14(22)20-13(7-18)11-3-2-4-12(16)15(11)17/h2-6,8-9,13H,1H3,(H,20,22)/b6-5+/t13-/m1/s1. The van der Waals surface area contributed by atoms with Crippen LogP contribution in [0.3, 0.4) is 0 Å². The van der Waals surface area contributed by atoms with Crippen molar-refractivity contribution in [2.45, 2.75) is 6.04 Å². The lowest BCUT2D eigenvalue weighted by atomic mass is 10.1. The first-order valence-electron chi connectivity index (χ1n) is 6.32. The fourth-order valence-corrected chi connectivity index (χ4v) is 2.23. The predicted octanol–water partition coefficient (Wildman–Crippen LogP) is 3.12. The minimum absolute atomic E-state index is 0.257. The van der Waals surface area contributed by atoms with Crippen LogP contribution in [0.1, 0.15) is 17.2 Å². The van der Waals surface area contributed by atoms with E-state index < -0.39 is 11.9 Å². The van der Waals surface area contributed by atoms with E-state index in [0.717, 1.165) is 5.56 Å². The second kappa shape index (κ2) is 7.12. The van der Waals surface area contributed by atoms with Gasteiger partial charge in [-0.15, -0.1) is 0 Å². The minimum atomic E-state index is -0.878. The summed E-state index contributed by atoms with van der Waals surface area (Å²) >= 11 is 12.0. The monoisotopic (exact) mass is 334 g/mol. The Balaban J connectivity index is 2.10. The molecule has 0 unspecified atom stereocenters. The molecule has 2 rings (SSSR count). The van der Waals surface area contributed by atoms with Gasteiger partial charge in [-0.05, 0) is 12.1 Å². The van der Waals surface area contributed by atoms with E-state index in [1.165, 1.54) is 6.08 Å². The van der Waals surface area contributed by atoms with E-state index in [0.29, 0.717) is 10.6 Å². The fourth-order valence-electron chi connectivity index (χ4n) is 1.81. The third kappa shape index (κ3) is 3.88. The summed E-state index contributed by atoms with van der Waals surface area (Å²) in [5.41, 5.74) is 1.24. The number of rotatable bonds is 4. The highest BCUT2D eigenvalue weighted by molar-refractivity contribution is 6.42. The van der Waals surface area contributed by atoms with E-state index in [2.05, 4.69) is 10.4 Å². The van der Waals surface area contributed by atoms with Crippen molar-refractivity contribution in [3.8, 4) is 6.07 Å². The average Bonchev–Trinajstić information content (AvgIpc) is 2.91. The molecule has 1 aromatic heterocycles. The van der Waals surface area contributed by atoms with Gasteiger partial charge >= 0.3 is 0 Å². The average molecular weight is 335 g/mol. The smallest absolute Gasteiger partial charge is 0.245 e. The van der Waals surface area contributed by atoms with Gasteiger partial charge in [0.25, 0.3) is 0 Å². The van der Waals surface area contributed by atoms with Gasteiger partial charge < -0.3 is 5.32 Å². The Kier molecular flexibility index (Phi) is 5.21. The Morgan fingerprint density at radius 1 is 1.50 bits per heavy atom. The molecule has 0 aliphatic rings. The number of aryl methyl sites for hydroxylation is 1. The lowest BCUT2D eigenvalue weighted by molar-refractivity contribution is -0.116. The number of carbonyl (C=O) groups is 1. The van der Waals surface area contributed by atoms with Gasteiger partial charge in [-0.3, -0.25) is 9.48 Å². The van der Waals surface area contributed by atoms with E-state index in [-0.39, 0.29) is 5.02 Å². The molecule has 112 valence electrons. The van der Waals surface area contributed by atoms with E-state index >= 15 is 0 Å². The lowest BCUT2D eigenvalue weighted by Gasteiger charge is -2.12. The van der Waals surface area contributed by atoms with Crippen molar-refractivity contribution in [3.05, 3.63) is 57.8 Å². The third-order valence-electron chi connectivity index (χ3n) is 2.86. The van der Waals surface area contributed by atoms with Gasteiger partial charge in [-0.2, -0.15) is 10.4 Å². The van der Waals surface area contributed by atoms with Crippen molar-refractivity contribution < 1.29 is 4.79 Å². The van der Waals surface area contributed by atoms with Gasteiger partial charge in [0.15, 0.2) is 0 Å². The van der Waals surface area contributed by atoms with Crippen molar-refractivity contribution in [2.75, 3.05) is 0 Å². The van der Waals surface area contributed by atoms with Crippen molar-refractivity contribution in [3.63, 3.8) is 0 Å². The number of nitrogens with zero attached hydrogens (tertiary/aromatic N) is 3. The molecule has 0 saturated carbocycles. The normalized spacial score (nSPS) is 12.1. The number of benzene rings is 1. The van der Waals surface area contributed by atoms with Gasteiger partial charge in [-0.25, -0.2) is 0 Å². The Hall–Kier alpha value is -2.29. The Bertz CT molecular complexity index is 761. The van der Waals surface area contributed by atoms with Crippen LogP contribution in [0.5, 0.6) is 0 Å². The summed E-state index contributed by atoms with van der Waals surface area (Å²) < 4.78 is 1.63. The predicted molar refractivity (Wildman–Crippen MR) is 85.2 cm³/mol. The molecule has 1 heterocycles. The molecule has 2 aromatic rings. The summed E-state index contributed by atoms with van der Waals surface area (Å²) in [5, 5.41) is 16.4. The molecule has 0 aliphatic heterocycles. The maximum Gasteiger partial charge on any atom is 0.245 e. The maximum atomic E-state index is 11.9. The van der Waals surface area contributed by atoms with Crippen LogP contribution >= 0.6 is 23.2 Å². The molecule has 1 atom stereocenters. The van der Waals surface area contributed by atoms with Crippen LogP contribution in [0.15, 0.2) is 36.7 Å². The first kappa shape index (κ1) is 16.1. The van der Waals surface area contributed by atoms with Crippen LogP contribution in [0.2, 0.25) is 10.0 Å². The summed E-state index contributed by atoms with van der Waals surface area (Å²) in [7, 11) is 1.78. The number of hydrogen-bond acceptors (Lipinski definition) is 3. The number of hydrogen-bond donors (Lipinski definition) is 1. The molecule has 5 nitrogen and oxygen atoms in total. The van der Waals surface area contributed by atoms with Gasteiger partial charge in [0.05, 0.1) is 22.3 Å². The highest BCUT2D eigenvalue weighted by Crippen LogP contribution is 2.29. The van der Waals surface area contributed by atoms with E-state index in [9.17, 15) is 10.1 Å². The Morgan fingerprint density at radius 2 is 2.27 bits per heavy atom. The molecule has 0 fully saturated rings. The first-order chi connectivity index (χ1) is 10.5. The molecule has 7 heteroatoms. The fraction of sp³-hybridized carbons (Fsp3) is 0.133. The third-order valence-corrected chi connectivity index (χ3v) is 3.69. The minimum Gasteiger partial charge on any atom is -0.333 e. The van der Waals surface area contributed by atoms with Crippen LogP contribution < -0.4 is 5.32 Å². The number of halogens is 2. The molecule has 0 aliphatic carbocycles. The van der Waals surface area contributed by atoms with Crippen LogP contribution in [0.4, 0.5) is 0 Å². The second-order valence-electron chi connectivity index (χ2n) is 4.49. The highest BCUT2D eigenvalue weighted by Gasteiger charge is 2.17. The molecule has 0 saturated heterocycles. The second-order valence-corrected chi connectivity index (χ2v) is 5.28. The van der Waals surface area contributed by atoms with Crippen molar-refractivity contribution in [2.24, 2.45) is 7.05 Å². The zero-order valence-electron chi connectivity index (χ0n) is 11.6. The number of aromatic nitrogens is 2. The highest BCUT2D eigenvalue weighted by atomic mass is 35.5. The molecular weight excluding hydrogens is 323 g/mol. The maximum absolute atomic E-state index is 11.9. The molecule has 1 aromatic carbocycles. The Morgan fingerprint density at radius 3 is 2.91 bits per heavy atom. The summed E-state index contributed by atoms with van der Waals surface area (Å²) in [6.45, 7) is 0. The quantitative estimate of drug-likeness (QED) is 0.873. The molecule has 1 N–H and O–H groups in total. The van der Waals surface area contributed by atoms with Gasteiger partial charge in [0, 0.05) is 30.4 Å². The summed E-state index contributed by atoms with van der Waals surface area (Å²) in [4.78, 5) is 11.9. The van der Waals surface area contributed by atoms with E-state index in [4.69, 9.17) is 23.2 Å². The number of nitrogens with one attached hydrogen (secondary N) is 1. The van der Waals surface area contributed by atoms with Crippen LogP contribution in [0, 0.1) is 11.3 Å². The summed E-state index contributed by atoms with van der Waals surface area (Å²) in [6.07, 6.45) is 6.33. The van der Waals surface area contributed by atoms with Crippen LogP contribution in [-0.2, 0) is 11.8 Å². The van der Waals surface area contributed by atoms with Gasteiger partial charge in [0.2, 0.25) is 5.91 Å². The topological polar surface area (TPSA) is 70.7 Å². The first-order valence-corrected chi connectivity index (χ1v) is 7.07. The van der Waals surface area contributed by atoms with Crippen molar-refractivity contribution >= 4 is 35.2 Å². The van der Waals surface area contributed by atoms with Gasteiger partial charge in [0.1, 0.15) is 6.04 Å². The van der Waals surface area contributed by atoms with Gasteiger partial charge in [-0.1, -0.05) is 35.3 Å². The van der Waals surface area contributed by atoms with E-state index in [1.807, 2.05) is 6.07 Å². The zero-order valence-corrected chi connectivity index (χ0v) is 13.1. The zero-order chi connectivity index (χ0) is 16.1. The molecule has 1 amide bonds. The molecule has 0 bridgehead atoms. The number of carbonyl (C=O) groups excluding carboxylic acids is 1. The summed E-state index contributed by atoms with van der Waals surface area (Å²) in [6, 6.07) is 6.05. The number of amides is 1. The van der Waals surface area contributed by atoms with Crippen LogP contribution in [0.25, 0.3) is 6.08 Å². The molecule has 0 spiro atoms. The molecular formula is C15H12Cl2N4O. The largest absolute Gasteiger partial charge is 0.333 e. The SMILES string of the molecule is Cn1cc(/C=C/C(=O)N[C@H](C#N)c2cccc(Cl)c2Cl)cn1.